The lowest BCUT2D eigenvalue weighted by Crippen LogP contribution is -2.13. The number of carbonyl (C=O) groups excluding carboxylic acids is 1. The number of aryl methyl sites for hydroxylation is 2. The summed E-state index contributed by atoms with van der Waals surface area (Å²) < 4.78 is 1.90. The van der Waals surface area contributed by atoms with E-state index in [9.17, 15) is 4.79 Å². The fraction of sp³-hybridized carbons (Fsp3) is 0.308. The molecule has 1 aromatic carbocycles. The van der Waals surface area contributed by atoms with Crippen LogP contribution in [0.5, 0.6) is 0 Å². The maximum atomic E-state index is 11.7. The molecule has 2 rings (SSSR count). The number of hydrogen-bond acceptors (Lipinski definition) is 3. The SMILES string of the molecule is Cc1nnc(CCC(=O)Nc2ccccc2)n1C. The topological polar surface area (TPSA) is 59.8 Å². The summed E-state index contributed by atoms with van der Waals surface area (Å²) in [6, 6.07) is 9.43. The Balaban J connectivity index is 1.87. The number of carbonyl (C=O) groups is 1. The molecule has 0 spiro atoms. The summed E-state index contributed by atoms with van der Waals surface area (Å²) in [7, 11) is 1.90. The number of hydrogen-bond donors (Lipinski definition) is 1. The Morgan fingerprint density at radius 3 is 2.61 bits per heavy atom. The summed E-state index contributed by atoms with van der Waals surface area (Å²) in [5, 5.41) is 10.8. The molecule has 1 N–H and O–H groups in total. The van der Waals surface area contributed by atoms with Gasteiger partial charge in [0.25, 0.3) is 0 Å². The minimum absolute atomic E-state index is 0.0122. The van der Waals surface area contributed by atoms with Crippen molar-refractivity contribution in [1.29, 1.82) is 0 Å². The molecular formula is C13H16N4O. The summed E-state index contributed by atoms with van der Waals surface area (Å²) in [6.45, 7) is 1.89. The van der Waals surface area contributed by atoms with Crippen LogP contribution in [-0.2, 0) is 18.3 Å². The van der Waals surface area contributed by atoms with Gasteiger partial charge < -0.3 is 9.88 Å². The summed E-state index contributed by atoms with van der Waals surface area (Å²) in [5.74, 6) is 1.67. The van der Waals surface area contributed by atoms with Crippen molar-refractivity contribution in [3.05, 3.63) is 42.0 Å². The number of rotatable bonds is 4. The molecule has 0 aliphatic rings. The normalized spacial score (nSPS) is 10.3. The van der Waals surface area contributed by atoms with Crippen molar-refractivity contribution < 1.29 is 4.79 Å². The van der Waals surface area contributed by atoms with E-state index in [0.29, 0.717) is 12.8 Å². The molecule has 0 unspecified atom stereocenters. The third kappa shape index (κ3) is 2.94. The molecule has 2 aromatic rings. The number of nitrogens with zero attached hydrogens (tertiary/aromatic N) is 3. The summed E-state index contributed by atoms with van der Waals surface area (Å²) in [5.41, 5.74) is 0.816. The van der Waals surface area contributed by atoms with Crippen molar-refractivity contribution in [2.75, 3.05) is 5.32 Å². The molecule has 0 aliphatic heterocycles. The number of anilines is 1. The predicted octanol–water partition coefficient (Wildman–Crippen LogP) is 1.69. The van der Waals surface area contributed by atoms with E-state index in [4.69, 9.17) is 0 Å². The van der Waals surface area contributed by atoms with Crippen LogP contribution < -0.4 is 5.32 Å². The number of nitrogens with one attached hydrogen (secondary N) is 1. The summed E-state index contributed by atoms with van der Waals surface area (Å²) in [4.78, 5) is 11.7. The van der Waals surface area contributed by atoms with Crippen LogP contribution in [0.3, 0.4) is 0 Å². The van der Waals surface area contributed by atoms with E-state index in [2.05, 4.69) is 15.5 Å². The molecule has 18 heavy (non-hydrogen) atoms. The fourth-order valence-electron chi connectivity index (χ4n) is 1.64. The lowest BCUT2D eigenvalue weighted by atomic mass is 10.2. The van der Waals surface area contributed by atoms with Crippen LogP contribution in [-0.4, -0.2) is 20.7 Å². The first kappa shape index (κ1) is 12.3. The minimum Gasteiger partial charge on any atom is -0.326 e. The molecule has 1 heterocycles. The molecule has 0 bridgehead atoms. The number of aromatic nitrogens is 3. The van der Waals surface area contributed by atoms with Crippen molar-refractivity contribution >= 4 is 11.6 Å². The Kier molecular flexibility index (Phi) is 3.72. The second-order valence-electron chi connectivity index (χ2n) is 4.14. The van der Waals surface area contributed by atoms with Crippen molar-refractivity contribution in [3.8, 4) is 0 Å². The molecular weight excluding hydrogens is 228 g/mol. The van der Waals surface area contributed by atoms with Crippen LogP contribution in [0, 0.1) is 6.92 Å². The summed E-state index contributed by atoms with van der Waals surface area (Å²) in [6.07, 6.45) is 0.997. The molecule has 0 saturated heterocycles. The zero-order chi connectivity index (χ0) is 13.0. The van der Waals surface area contributed by atoms with E-state index >= 15 is 0 Å². The Bertz CT molecular complexity index is 533. The monoisotopic (exact) mass is 244 g/mol. The molecule has 1 aromatic heterocycles. The van der Waals surface area contributed by atoms with Gasteiger partial charge in [-0.2, -0.15) is 0 Å². The molecule has 0 radical (unpaired) electrons. The second kappa shape index (κ2) is 5.44. The Labute approximate surface area is 106 Å². The van der Waals surface area contributed by atoms with Crippen molar-refractivity contribution in [1.82, 2.24) is 14.8 Å². The molecule has 0 fully saturated rings. The van der Waals surface area contributed by atoms with Crippen LogP contribution in [0.1, 0.15) is 18.1 Å². The molecule has 0 aliphatic carbocycles. The molecule has 5 nitrogen and oxygen atoms in total. The average molecular weight is 244 g/mol. The van der Waals surface area contributed by atoms with E-state index in [0.717, 1.165) is 17.3 Å². The van der Waals surface area contributed by atoms with Gasteiger partial charge in [-0.05, 0) is 19.1 Å². The Morgan fingerprint density at radius 2 is 2.00 bits per heavy atom. The van der Waals surface area contributed by atoms with Crippen LogP contribution in [0.4, 0.5) is 5.69 Å². The van der Waals surface area contributed by atoms with Gasteiger partial charge in [0.1, 0.15) is 11.6 Å². The summed E-state index contributed by atoms with van der Waals surface area (Å²) >= 11 is 0. The highest BCUT2D eigenvalue weighted by Crippen LogP contribution is 2.07. The van der Waals surface area contributed by atoms with E-state index in [-0.39, 0.29) is 5.91 Å². The Hall–Kier alpha value is -2.17. The molecule has 1 amide bonds. The average Bonchev–Trinajstić information content (AvgIpc) is 2.69. The maximum Gasteiger partial charge on any atom is 0.224 e. The molecule has 94 valence electrons. The maximum absolute atomic E-state index is 11.7. The van der Waals surface area contributed by atoms with Gasteiger partial charge in [-0.15, -0.1) is 10.2 Å². The number of amides is 1. The van der Waals surface area contributed by atoms with Gasteiger partial charge in [0.2, 0.25) is 5.91 Å². The van der Waals surface area contributed by atoms with E-state index < -0.39 is 0 Å². The minimum atomic E-state index is -0.0122. The first-order valence-corrected chi connectivity index (χ1v) is 5.86. The smallest absolute Gasteiger partial charge is 0.224 e. The highest BCUT2D eigenvalue weighted by atomic mass is 16.1. The third-order valence-electron chi connectivity index (χ3n) is 2.82. The second-order valence-corrected chi connectivity index (χ2v) is 4.14. The quantitative estimate of drug-likeness (QED) is 0.890. The zero-order valence-electron chi connectivity index (χ0n) is 10.6. The third-order valence-corrected chi connectivity index (χ3v) is 2.82. The van der Waals surface area contributed by atoms with Crippen LogP contribution in [0.2, 0.25) is 0 Å². The largest absolute Gasteiger partial charge is 0.326 e. The van der Waals surface area contributed by atoms with Gasteiger partial charge >= 0.3 is 0 Å². The zero-order valence-corrected chi connectivity index (χ0v) is 10.6. The van der Waals surface area contributed by atoms with E-state index in [1.807, 2.05) is 48.9 Å². The number of para-hydroxylation sites is 1. The van der Waals surface area contributed by atoms with E-state index in [1.54, 1.807) is 0 Å². The molecule has 0 saturated carbocycles. The first-order chi connectivity index (χ1) is 8.66. The van der Waals surface area contributed by atoms with Crippen molar-refractivity contribution in [2.45, 2.75) is 19.8 Å². The van der Waals surface area contributed by atoms with Gasteiger partial charge in [0.15, 0.2) is 0 Å². The van der Waals surface area contributed by atoms with Crippen molar-refractivity contribution in [3.63, 3.8) is 0 Å². The van der Waals surface area contributed by atoms with Gasteiger partial charge in [-0.3, -0.25) is 4.79 Å². The highest BCUT2D eigenvalue weighted by molar-refractivity contribution is 5.90. The predicted molar refractivity (Wildman–Crippen MR) is 69.1 cm³/mol. The highest BCUT2D eigenvalue weighted by Gasteiger charge is 2.08. The van der Waals surface area contributed by atoms with Crippen molar-refractivity contribution in [2.24, 2.45) is 7.05 Å². The van der Waals surface area contributed by atoms with Gasteiger partial charge in [-0.1, -0.05) is 18.2 Å². The standard InChI is InChI=1S/C13H16N4O/c1-10-15-16-12(17(10)2)8-9-13(18)14-11-6-4-3-5-7-11/h3-7H,8-9H2,1-2H3,(H,14,18). The molecule has 5 heteroatoms. The molecule has 0 atom stereocenters. The van der Waals surface area contributed by atoms with Crippen LogP contribution in [0.25, 0.3) is 0 Å². The van der Waals surface area contributed by atoms with Crippen LogP contribution >= 0.6 is 0 Å². The number of benzene rings is 1. The lowest BCUT2D eigenvalue weighted by Gasteiger charge is -2.04. The Morgan fingerprint density at radius 1 is 1.28 bits per heavy atom. The van der Waals surface area contributed by atoms with Gasteiger partial charge in [-0.25, -0.2) is 0 Å². The van der Waals surface area contributed by atoms with Gasteiger partial charge in [0.05, 0.1) is 0 Å². The first-order valence-electron chi connectivity index (χ1n) is 5.86. The van der Waals surface area contributed by atoms with Crippen LogP contribution in [0.15, 0.2) is 30.3 Å². The van der Waals surface area contributed by atoms with Gasteiger partial charge in [0, 0.05) is 25.6 Å². The van der Waals surface area contributed by atoms with E-state index in [1.165, 1.54) is 0 Å². The lowest BCUT2D eigenvalue weighted by molar-refractivity contribution is -0.116. The fourth-order valence-corrected chi connectivity index (χ4v) is 1.64.